The van der Waals surface area contributed by atoms with Gasteiger partial charge in [-0.15, -0.1) is 5.01 Å². The van der Waals surface area contributed by atoms with Gasteiger partial charge in [-0.05, 0) is 33.8 Å². The number of halogens is 1. The molecule has 1 aliphatic rings. The van der Waals surface area contributed by atoms with Crippen LogP contribution in [0.4, 0.5) is 5.69 Å². The van der Waals surface area contributed by atoms with Crippen LogP contribution in [0, 0.1) is 5.21 Å². The number of aromatic nitrogens is 1. The molecule has 7 nitrogen and oxygen atoms in total. The van der Waals surface area contributed by atoms with E-state index in [9.17, 15) is 5.21 Å². The van der Waals surface area contributed by atoms with Crippen LogP contribution in [0.1, 0.15) is 34.1 Å². The number of nitrogens with zero attached hydrogens (tertiary/aromatic N) is 5. The number of hydrogen-bond acceptors (Lipinski definition) is 5. The zero-order valence-electron chi connectivity index (χ0n) is 14.1. The quantitative estimate of drug-likeness (QED) is 0.467. The standard InChI is InChI=1S/C15H24ClN5O2/c1-5-20(15(2,3)4)21(22)18-23-14-6-7-19(11-14)13-8-12(16)9-17-10-13/h8-10,14H,5-7,11H2,1-4H3/b21-18+/t14-/m1/s1. The van der Waals surface area contributed by atoms with Gasteiger partial charge in [0, 0.05) is 19.2 Å². The number of hydrazine groups is 1. The Morgan fingerprint density at radius 3 is 2.87 bits per heavy atom. The van der Waals surface area contributed by atoms with Gasteiger partial charge in [-0.1, -0.05) is 11.6 Å². The zero-order chi connectivity index (χ0) is 17.0. The Labute approximate surface area is 142 Å². The maximum absolute atomic E-state index is 12.1. The van der Waals surface area contributed by atoms with Gasteiger partial charge in [0.15, 0.2) is 6.10 Å². The summed E-state index contributed by atoms with van der Waals surface area (Å²) in [4.78, 5) is 12.2. The van der Waals surface area contributed by atoms with Gasteiger partial charge in [0.25, 0.3) is 0 Å². The molecule has 0 aliphatic carbocycles. The predicted octanol–water partition coefficient (Wildman–Crippen LogP) is 3.24. The summed E-state index contributed by atoms with van der Waals surface area (Å²) >= 11 is 5.96. The lowest BCUT2D eigenvalue weighted by molar-refractivity contribution is -0.725. The summed E-state index contributed by atoms with van der Waals surface area (Å²) in [5, 5.41) is 18.0. The van der Waals surface area contributed by atoms with Gasteiger partial charge in [-0.3, -0.25) is 4.98 Å². The van der Waals surface area contributed by atoms with E-state index in [-0.39, 0.29) is 11.6 Å². The summed E-state index contributed by atoms with van der Waals surface area (Å²) in [7, 11) is 0. The average molecular weight is 342 g/mol. The van der Waals surface area contributed by atoms with Crippen molar-refractivity contribution in [3.8, 4) is 0 Å². The SMILES string of the molecule is CCN(/[N+]([O-])=N\O[C@@H]1CCN(c2cncc(Cl)c2)C1)C(C)(C)C. The van der Waals surface area contributed by atoms with E-state index in [4.69, 9.17) is 16.4 Å². The molecule has 1 saturated heterocycles. The molecule has 23 heavy (non-hydrogen) atoms. The minimum atomic E-state index is -0.308. The highest BCUT2D eigenvalue weighted by atomic mass is 35.5. The van der Waals surface area contributed by atoms with Crippen molar-refractivity contribution in [3.05, 3.63) is 28.7 Å². The molecule has 0 amide bonds. The van der Waals surface area contributed by atoms with Crippen molar-refractivity contribution in [2.75, 3.05) is 24.5 Å². The van der Waals surface area contributed by atoms with E-state index in [2.05, 4.69) is 15.2 Å². The van der Waals surface area contributed by atoms with Crippen LogP contribution >= 0.6 is 11.6 Å². The van der Waals surface area contributed by atoms with Crippen molar-refractivity contribution < 1.29 is 9.81 Å². The van der Waals surface area contributed by atoms with Gasteiger partial charge < -0.3 is 14.9 Å². The first-order valence-corrected chi connectivity index (χ1v) is 8.16. The van der Waals surface area contributed by atoms with Crippen molar-refractivity contribution in [1.82, 2.24) is 9.99 Å². The molecule has 0 aromatic carbocycles. The Balaban J connectivity index is 1.94. The molecule has 0 N–H and O–H groups in total. The molecule has 1 aliphatic heterocycles. The Morgan fingerprint density at radius 1 is 1.52 bits per heavy atom. The van der Waals surface area contributed by atoms with Crippen molar-refractivity contribution in [1.29, 1.82) is 0 Å². The van der Waals surface area contributed by atoms with Crippen LogP contribution in [0.5, 0.6) is 0 Å². The molecule has 1 atom stereocenters. The first-order chi connectivity index (χ1) is 10.8. The molecule has 128 valence electrons. The number of pyridine rings is 1. The molecule has 2 rings (SSSR count). The summed E-state index contributed by atoms with van der Waals surface area (Å²) in [6.45, 7) is 9.82. The summed E-state index contributed by atoms with van der Waals surface area (Å²) in [5.74, 6) is 0. The molecule has 8 heteroatoms. The Morgan fingerprint density at radius 2 is 2.26 bits per heavy atom. The van der Waals surface area contributed by atoms with Gasteiger partial charge >= 0.3 is 0 Å². The molecule has 0 spiro atoms. The smallest absolute Gasteiger partial charge is 0.233 e. The van der Waals surface area contributed by atoms with E-state index in [1.54, 1.807) is 17.4 Å². The molecule has 0 bridgehead atoms. The number of hydrogen-bond donors (Lipinski definition) is 0. The van der Waals surface area contributed by atoms with Crippen LogP contribution < -0.4 is 4.90 Å². The summed E-state index contributed by atoms with van der Waals surface area (Å²) in [6, 6.07) is 1.87. The van der Waals surface area contributed by atoms with Crippen LogP contribution in [0.2, 0.25) is 5.02 Å². The normalized spacial score (nSPS) is 19.1. The van der Waals surface area contributed by atoms with Gasteiger partial charge in [-0.2, -0.15) is 0 Å². The summed E-state index contributed by atoms with van der Waals surface area (Å²) in [5.41, 5.74) is 0.643. The van der Waals surface area contributed by atoms with Crippen LogP contribution in [-0.2, 0) is 4.84 Å². The predicted molar refractivity (Wildman–Crippen MR) is 89.1 cm³/mol. The minimum absolute atomic E-state index is 0.121. The summed E-state index contributed by atoms with van der Waals surface area (Å²) < 4.78 is 0. The van der Waals surface area contributed by atoms with Crippen molar-refractivity contribution >= 4 is 17.3 Å². The van der Waals surface area contributed by atoms with E-state index in [1.165, 1.54) is 0 Å². The van der Waals surface area contributed by atoms with E-state index in [0.29, 0.717) is 23.1 Å². The van der Waals surface area contributed by atoms with Crippen LogP contribution in [0.15, 0.2) is 23.7 Å². The third-order valence-electron chi connectivity index (χ3n) is 3.75. The fourth-order valence-electron chi connectivity index (χ4n) is 2.63. The summed E-state index contributed by atoms with van der Waals surface area (Å²) in [6.07, 6.45) is 4.05. The molecule has 2 heterocycles. The number of rotatable bonds is 5. The van der Waals surface area contributed by atoms with Crippen LogP contribution in [0.3, 0.4) is 0 Å². The second-order valence-corrected chi connectivity index (χ2v) is 6.98. The monoisotopic (exact) mass is 341 g/mol. The second-order valence-electron chi connectivity index (χ2n) is 6.54. The largest absolute Gasteiger partial charge is 0.569 e. The van der Waals surface area contributed by atoms with Gasteiger partial charge in [0.1, 0.15) is 0 Å². The van der Waals surface area contributed by atoms with Gasteiger partial charge in [0.2, 0.25) is 5.28 Å². The van der Waals surface area contributed by atoms with Crippen molar-refractivity contribution in [2.45, 2.75) is 45.8 Å². The van der Waals surface area contributed by atoms with Crippen molar-refractivity contribution in [3.63, 3.8) is 0 Å². The fraction of sp³-hybridized carbons (Fsp3) is 0.667. The van der Waals surface area contributed by atoms with Gasteiger partial charge in [0.05, 0.1) is 40.5 Å². The first kappa shape index (κ1) is 17.6. The Hall–Kier alpha value is -1.76. The lowest BCUT2D eigenvalue weighted by atomic mass is 10.1. The van der Waals surface area contributed by atoms with Crippen LogP contribution in [-0.4, -0.2) is 46.2 Å². The van der Waals surface area contributed by atoms with Crippen LogP contribution in [0.25, 0.3) is 0 Å². The van der Waals surface area contributed by atoms with Crippen molar-refractivity contribution in [2.24, 2.45) is 5.28 Å². The molecule has 0 radical (unpaired) electrons. The maximum Gasteiger partial charge on any atom is 0.233 e. The molecule has 0 unspecified atom stereocenters. The fourth-order valence-corrected chi connectivity index (χ4v) is 2.79. The van der Waals surface area contributed by atoms with E-state index < -0.39 is 0 Å². The Bertz CT molecular complexity index is 561. The zero-order valence-corrected chi connectivity index (χ0v) is 14.8. The average Bonchev–Trinajstić information content (AvgIpc) is 2.93. The molecular formula is C15H24ClN5O2. The molecule has 1 aromatic heterocycles. The molecule has 0 saturated carbocycles. The van der Waals surface area contributed by atoms with E-state index >= 15 is 0 Å². The minimum Gasteiger partial charge on any atom is -0.569 e. The third kappa shape index (κ3) is 4.60. The van der Waals surface area contributed by atoms with Gasteiger partial charge in [-0.25, -0.2) is 0 Å². The molecular weight excluding hydrogens is 318 g/mol. The second kappa shape index (κ2) is 7.21. The highest BCUT2D eigenvalue weighted by molar-refractivity contribution is 6.30. The Kier molecular flexibility index (Phi) is 5.51. The lowest BCUT2D eigenvalue weighted by Crippen LogP contribution is -2.45. The molecule has 1 fully saturated rings. The third-order valence-corrected chi connectivity index (χ3v) is 3.95. The molecule has 1 aromatic rings. The number of anilines is 1. The van der Waals surface area contributed by atoms with E-state index in [1.807, 2.05) is 33.8 Å². The lowest BCUT2D eigenvalue weighted by Gasteiger charge is -2.29. The highest BCUT2D eigenvalue weighted by Crippen LogP contribution is 2.23. The topological polar surface area (TPSA) is 67.0 Å². The van der Waals surface area contributed by atoms with E-state index in [0.717, 1.165) is 18.7 Å². The maximum atomic E-state index is 12.1. The first-order valence-electron chi connectivity index (χ1n) is 7.78. The highest BCUT2D eigenvalue weighted by Gasteiger charge is 2.29.